The average molecular weight is 303 g/mol. The van der Waals surface area contributed by atoms with E-state index in [1.54, 1.807) is 13.8 Å². The van der Waals surface area contributed by atoms with Gasteiger partial charge in [-0.3, -0.25) is 4.79 Å². The van der Waals surface area contributed by atoms with Crippen molar-refractivity contribution in [3.8, 4) is 0 Å². The molecule has 20 heavy (non-hydrogen) atoms. The summed E-state index contributed by atoms with van der Waals surface area (Å²) in [4.78, 5) is 11.1. The van der Waals surface area contributed by atoms with Gasteiger partial charge in [0.15, 0.2) is 0 Å². The van der Waals surface area contributed by atoms with Gasteiger partial charge in [-0.1, -0.05) is 13.8 Å². The molecule has 0 spiro atoms. The Hall–Kier alpha value is -1.51. The van der Waals surface area contributed by atoms with Gasteiger partial charge in [0.05, 0.1) is 4.90 Å². The Morgan fingerprint density at radius 1 is 1.40 bits per heavy atom. The minimum absolute atomic E-state index is 0.0769. The number of sulfonamides is 1. The number of rotatable bonds is 6. The molecule has 1 rings (SSSR count). The van der Waals surface area contributed by atoms with Crippen molar-refractivity contribution in [2.75, 3.05) is 0 Å². The first-order valence-corrected chi connectivity index (χ1v) is 7.47. The molecule has 1 aromatic carbocycles. The van der Waals surface area contributed by atoms with Crippen LogP contribution in [0.2, 0.25) is 0 Å². The third-order valence-corrected chi connectivity index (χ3v) is 4.24. The SMILES string of the molecule is CC(C)C(NS(=O)(=O)c1ccc(F)c(CN)c1)C(N)=O. The monoisotopic (exact) mass is 303 g/mol. The number of hydrogen-bond acceptors (Lipinski definition) is 4. The van der Waals surface area contributed by atoms with Crippen molar-refractivity contribution in [3.63, 3.8) is 0 Å². The Bertz CT molecular complexity index is 602. The van der Waals surface area contributed by atoms with Crippen molar-refractivity contribution < 1.29 is 17.6 Å². The van der Waals surface area contributed by atoms with Gasteiger partial charge < -0.3 is 11.5 Å². The van der Waals surface area contributed by atoms with Crippen LogP contribution in [-0.2, 0) is 21.4 Å². The Morgan fingerprint density at radius 3 is 2.45 bits per heavy atom. The number of carbonyl (C=O) groups excluding carboxylic acids is 1. The molecule has 0 aliphatic carbocycles. The van der Waals surface area contributed by atoms with Crippen molar-refractivity contribution in [2.24, 2.45) is 17.4 Å². The fraction of sp³-hybridized carbons (Fsp3) is 0.417. The molecule has 8 heteroatoms. The van der Waals surface area contributed by atoms with Crippen molar-refractivity contribution >= 4 is 15.9 Å². The predicted molar refractivity (Wildman–Crippen MR) is 72.4 cm³/mol. The first-order valence-electron chi connectivity index (χ1n) is 5.99. The van der Waals surface area contributed by atoms with Gasteiger partial charge in [-0.05, 0) is 24.1 Å². The van der Waals surface area contributed by atoms with Crippen LogP contribution in [0, 0.1) is 11.7 Å². The number of nitrogens with one attached hydrogen (secondary N) is 1. The number of primary amides is 1. The fourth-order valence-electron chi connectivity index (χ4n) is 1.63. The minimum Gasteiger partial charge on any atom is -0.368 e. The van der Waals surface area contributed by atoms with E-state index in [2.05, 4.69) is 4.72 Å². The first-order chi connectivity index (χ1) is 9.19. The second-order valence-corrected chi connectivity index (χ2v) is 6.42. The van der Waals surface area contributed by atoms with Crippen molar-refractivity contribution in [1.82, 2.24) is 4.72 Å². The summed E-state index contributed by atoms with van der Waals surface area (Å²) in [7, 11) is -3.97. The number of hydrogen-bond donors (Lipinski definition) is 3. The third-order valence-electron chi connectivity index (χ3n) is 2.80. The molecule has 0 saturated carbocycles. The Labute approximate surface area is 117 Å². The van der Waals surface area contributed by atoms with Crippen LogP contribution in [0.3, 0.4) is 0 Å². The number of benzene rings is 1. The van der Waals surface area contributed by atoms with E-state index in [9.17, 15) is 17.6 Å². The predicted octanol–water partition coefficient (Wildman–Crippen LogP) is 0.0726. The van der Waals surface area contributed by atoms with Gasteiger partial charge in [-0.2, -0.15) is 4.72 Å². The molecule has 0 saturated heterocycles. The molecule has 1 aromatic rings. The lowest BCUT2D eigenvalue weighted by atomic mass is 10.1. The second kappa shape index (κ2) is 6.29. The standard InChI is InChI=1S/C12H18FN3O3S/c1-7(2)11(12(15)17)16-20(18,19)9-3-4-10(13)8(5-9)6-14/h3-5,7,11,16H,6,14H2,1-2H3,(H2,15,17). The lowest BCUT2D eigenvalue weighted by molar-refractivity contribution is -0.120. The highest BCUT2D eigenvalue weighted by Gasteiger charge is 2.26. The Balaban J connectivity index is 3.14. The average Bonchev–Trinajstić information content (AvgIpc) is 2.35. The van der Waals surface area contributed by atoms with Crippen molar-refractivity contribution in [3.05, 3.63) is 29.6 Å². The van der Waals surface area contributed by atoms with Crippen LogP contribution in [-0.4, -0.2) is 20.4 Å². The maximum atomic E-state index is 13.3. The summed E-state index contributed by atoms with van der Waals surface area (Å²) in [5.41, 5.74) is 10.6. The van der Waals surface area contributed by atoms with Crippen LogP contribution in [0.1, 0.15) is 19.4 Å². The summed E-state index contributed by atoms with van der Waals surface area (Å²) in [5.74, 6) is -1.66. The van der Waals surface area contributed by atoms with E-state index in [-0.39, 0.29) is 22.9 Å². The maximum absolute atomic E-state index is 13.3. The highest BCUT2D eigenvalue weighted by atomic mass is 32.2. The van der Waals surface area contributed by atoms with E-state index in [0.717, 1.165) is 18.2 Å². The Kier molecular flexibility index (Phi) is 5.21. The normalized spacial score (nSPS) is 13.4. The number of amides is 1. The molecule has 0 heterocycles. The van der Waals surface area contributed by atoms with Gasteiger partial charge in [0.1, 0.15) is 11.9 Å². The highest BCUT2D eigenvalue weighted by molar-refractivity contribution is 7.89. The van der Waals surface area contributed by atoms with Gasteiger partial charge in [-0.25, -0.2) is 12.8 Å². The van der Waals surface area contributed by atoms with E-state index in [1.165, 1.54) is 0 Å². The van der Waals surface area contributed by atoms with Crippen LogP contribution >= 0.6 is 0 Å². The number of carbonyl (C=O) groups is 1. The summed E-state index contributed by atoms with van der Waals surface area (Å²) < 4.78 is 39.8. The zero-order chi connectivity index (χ0) is 15.5. The molecule has 112 valence electrons. The minimum atomic E-state index is -3.97. The smallest absolute Gasteiger partial charge is 0.241 e. The summed E-state index contributed by atoms with van der Waals surface area (Å²) in [6, 6.07) is 2.22. The molecule has 0 bridgehead atoms. The molecular formula is C12H18FN3O3S. The lowest BCUT2D eigenvalue weighted by Gasteiger charge is -2.19. The van der Waals surface area contributed by atoms with E-state index in [4.69, 9.17) is 11.5 Å². The third kappa shape index (κ3) is 3.75. The van der Waals surface area contributed by atoms with Gasteiger partial charge in [0.25, 0.3) is 0 Å². The summed E-state index contributed by atoms with van der Waals surface area (Å²) >= 11 is 0. The Morgan fingerprint density at radius 2 is 2.00 bits per heavy atom. The molecule has 0 aromatic heterocycles. The molecule has 0 aliphatic rings. The first kappa shape index (κ1) is 16.5. The molecule has 1 amide bonds. The van der Waals surface area contributed by atoms with E-state index >= 15 is 0 Å². The van der Waals surface area contributed by atoms with Gasteiger partial charge >= 0.3 is 0 Å². The topological polar surface area (TPSA) is 115 Å². The lowest BCUT2D eigenvalue weighted by Crippen LogP contribution is -2.47. The number of halogens is 1. The fourth-order valence-corrected chi connectivity index (χ4v) is 3.04. The zero-order valence-corrected chi connectivity index (χ0v) is 12.1. The summed E-state index contributed by atoms with van der Waals surface area (Å²) in [5, 5.41) is 0. The maximum Gasteiger partial charge on any atom is 0.241 e. The van der Waals surface area contributed by atoms with Gasteiger partial charge in [-0.15, -0.1) is 0 Å². The summed E-state index contributed by atoms with van der Waals surface area (Å²) in [6.45, 7) is 3.19. The van der Waals surface area contributed by atoms with Crippen LogP contribution in [0.25, 0.3) is 0 Å². The molecule has 6 nitrogen and oxygen atoms in total. The molecule has 0 aliphatic heterocycles. The van der Waals surface area contributed by atoms with E-state index < -0.39 is 27.8 Å². The highest BCUT2D eigenvalue weighted by Crippen LogP contribution is 2.16. The zero-order valence-electron chi connectivity index (χ0n) is 11.3. The quantitative estimate of drug-likeness (QED) is 0.689. The molecule has 5 N–H and O–H groups in total. The van der Waals surface area contributed by atoms with Crippen molar-refractivity contribution in [2.45, 2.75) is 31.3 Å². The van der Waals surface area contributed by atoms with Crippen LogP contribution in [0.4, 0.5) is 4.39 Å². The van der Waals surface area contributed by atoms with Crippen LogP contribution in [0.15, 0.2) is 23.1 Å². The van der Waals surface area contributed by atoms with Crippen molar-refractivity contribution in [1.29, 1.82) is 0 Å². The molecular weight excluding hydrogens is 285 g/mol. The molecule has 1 unspecified atom stereocenters. The second-order valence-electron chi connectivity index (χ2n) is 4.70. The van der Waals surface area contributed by atoms with E-state index in [0.29, 0.717) is 0 Å². The van der Waals surface area contributed by atoms with Crippen LogP contribution in [0.5, 0.6) is 0 Å². The summed E-state index contributed by atoms with van der Waals surface area (Å²) in [6.07, 6.45) is 0. The molecule has 0 radical (unpaired) electrons. The largest absolute Gasteiger partial charge is 0.368 e. The van der Waals surface area contributed by atoms with Crippen LogP contribution < -0.4 is 16.2 Å². The van der Waals surface area contributed by atoms with Gasteiger partial charge in [0.2, 0.25) is 15.9 Å². The van der Waals surface area contributed by atoms with Gasteiger partial charge in [0, 0.05) is 12.1 Å². The molecule has 0 fully saturated rings. The number of nitrogens with two attached hydrogens (primary N) is 2. The molecule has 1 atom stereocenters. The van der Waals surface area contributed by atoms with E-state index in [1.807, 2.05) is 0 Å².